The molecule has 0 atom stereocenters. The minimum atomic E-state index is -0.135. The smallest absolute Gasteiger partial charge is 0.127 e. The van der Waals surface area contributed by atoms with E-state index >= 15 is 0 Å². The minimum Gasteiger partial charge on any atom is -0.380 e. The number of hydrogen-bond acceptors (Lipinski definition) is 1. The van der Waals surface area contributed by atoms with Gasteiger partial charge >= 0.3 is 0 Å². The molecule has 0 unspecified atom stereocenters. The van der Waals surface area contributed by atoms with E-state index in [0.717, 1.165) is 11.1 Å². The zero-order valence-corrected chi connectivity index (χ0v) is 8.30. The number of halogens is 1. The predicted octanol–water partition coefficient (Wildman–Crippen LogP) is 3.10. The fourth-order valence-corrected chi connectivity index (χ4v) is 1.30. The molecule has 1 aromatic rings. The van der Waals surface area contributed by atoms with Gasteiger partial charge in [0.15, 0.2) is 0 Å². The number of hydrogen-bond donors (Lipinski definition) is 0. The molecule has 0 heterocycles. The van der Waals surface area contributed by atoms with Gasteiger partial charge in [0.1, 0.15) is 5.82 Å². The van der Waals surface area contributed by atoms with Crippen LogP contribution in [-0.4, -0.2) is 7.11 Å². The molecule has 0 bridgehead atoms. The molecule has 0 saturated heterocycles. The third-order valence-electron chi connectivity index (χ3n) is 2.00. The van der Waals surface area contributed by atoms with Crippen molar-refractivity contribution in [3.05, 3.63) is 35.1 Å². The Morgan fingerprint density at radius 2 is 2.08 bits per heavy atom. The van der Waals surface area contributed by atoms with Gasteiger partial charge < -0.3 is 4.74 Å². The molecule has 0 saturated carbocycles. The Balaban J connectivity index is 2.92. The zero-order valence-electron chi connectivity index (χ0n) is 8.30. The maximum atomic E-state index is 13.4. The second kappa shape index (κ2) is 4.38. The van der Waals surface area contributed by atoms with E-state index in [1.165, 1.54) is 0 Å². The summed E-state index contributed by atoms with van der Waals surface area (Å²) in [6.07, 6.45) is 0. The lowest BCUT2D eigenvalue weighted by Crippen LogP contribution is -1.95. The standard InChI is InChI=1S/C11H15FO/c1-8(2)10-5-4-9(7-13-3)6-11(10)12/h4-6,8H,7H2,1-3H3. The van der Waals surface area contributed by atoms with E-state index in [-0.39, 0.29) is 11.7 Å². The SMILES string of the molecule is COCc1ccc(C(C)C)c(F)c1. The van der Waals surface area contributed by atoms with Crippen LogP contribution in [0.15, 0.2) is 18.2 Å². The highest BCUT2D eigenvalue weighted by atomic mass is 19.1. The van der Waals surface area contributed by atoms with E-state index in [4.69, 9.17) is 4.74 Å². The summed E-state index contributed by atoms with van der Waals surface area (Å²) in [5.41, 5.74) is 1.64. The van der Waals surface area contributed by atoms with Crippen LogP contribution in [0.5, 0.6) is 0 Å². The van der Waals surface area contributed by atoms with Crippen LogP contribution >= 0.6 is 0 Å². The highest BCUT2D eigenvalue weighted by molar-refractivity contribution is 5.26. The first-order valence-corrected chi connectivity index (χ1v) is 4.42. The van der Waals surface area contributed by atoms with Crippen LogP contribution in [0, 0.1) is 5.82 Å². The van der Waals surface area contributed by atoms with Crippen LogP contribution in [-0.2, 0) is 11.3 Å². The second-order valence-corrected chi connectivity index (χ2v) is 3.44. The maximum Gasteiger partial charge on any atom is 0.127 e. The summed E-state index contributed by atoms with van der Waals surface area (Å²) < 4.78 is 18.3. The molecule has 0 amide bonds. The summed E-state index contributed by atoms with van der Waals surface area (Å²) in [5, 5.41) is 0. The van der Waals surface area contributed by atoms with Crippen molar-refractivity contribution in [1.82, 2.24) is 0 Å². The number of benzene rings is 1. The van der Waals surface area contributed by atoms with Crippen molar-refractivity contribution in [1.29, 1.82) is 0 Å². The third kappa shape index (κ3) is 2.52. The van der Waals surface area contributed by atoms with Crippen LogP contribution in [0.1, 0.15) is 30.9 Å². The van der Waals surface area contributed by atoms with Crippen LogP contribution in [0.3, 0.4) is 0 Å². The fourth-order valence-electron chi connectivity index (χ4n) is 1.30. The van der Waals surface area contributed by atoms with Crippen LogP contribution in [0.25, 0.3) is 0 Å². The monoisotopic (exact) mass is 182 g/mol. The average Bonchev–Trinajstić information content (AvgIpc) is 2.04. The van der Waals surface area contributed by atoms with Gasteiger partial charge in [0, 0.05) is 7.11 Å². The highest BCUT2D eigenvalue weighted by Crippen LogP contribution is 2.19. The summed E-state index contributed by atoms with van der Waals surface area (Å²) in [7, 11) is 1.61. The molecule has 1 aromatic carbocycles. The van der Waals surface area contributed by atoms with E-state index in [1.54, 1.807) is 13.2 Å². The molecule has 0 aliphatic heterocycles. The fraction of sp³-hybridized carbons (Fsp3) is 0.455. The Hall–Kier alpha value is -0.890. The van der Waals surface area contributed by atoms with Crippen molar-refractivity contribution in [2.75, 3.05) is 7.11 Å². The zero-order chi connectivity index (χ0) is 9.84. The van der Waals surface area contributed by atoms with Gasteiger partial charge in [0.25, 0.3) is 0 Å². The number of methoxy groups -OCH3 is 1. The van der Waals surface area contributed by atoms with Gasteiger partial charge in [-0.05, 0) is 23.1 Å². The van der Waals surface area contributed by atoms with Crippen molar-refractivity contribution in [3.63, 3.8) is 0 Å². The van der Waals surface area contributed by atoms with E-state index in [2.05, 4.69) is 0 Å². The Morgan fingerprint density at radius 1 is 1.38 bits per heavy atom. The minimum absolute atomic E-state index is 0.135. The van der Waals surface area contributed by atoms with Gasteiger partial charge in [0.2, 0.25) is 0 Å². The van der Waals surface area contributed by atoms with Crippen molar-refractivity contribution < 1.29 is 9.13 Å². The Kier molecular flexibility index (Phi) is 3.43. The summed E-state index contributed by atoms with van der Waals surface area (Å²) in [5.74, 6) is 0.0983. The first-order valence-electron chi connectivity index (χ1n) is 4.42. The van der Waals surface area contributed by atoms with Crippen molar-refractivity contribution >= 4 is 0 Å². The number of rotatable bonds is 3. The molecule has 0 N–H and O–H groups in total. The van der Waals surface area contributed by atoms with Gasteiger partial charge in [-0.3, -0.25) is 0 Å². The van der Waals surface area contributed by atoms with E-state index < -0.39 is 0 Å². The summed E-state index contributed by atoms with van der Waals surface area (Å²) in [4.78, 5) is 0. The second-order valence-electron chi connectivity index (χ2n) is 3.44. The maximum absolute atomic E-state index is 13.4. The van der Waals surface area contributed by atoms with Crippen LogP contribution in [0.4, 0.5) is 4.39 Å². The van der Waals surface area contributed by atoms with E-state index in [9.17, 15) is 4.39 Å². The molecule has 1 rings (SSSR count). The molecule has 0 aliphatic rings. The van der Waals surface area contributed by atoms with E-state index in [0.29, 0.717) is 6.61 Å². The molecule has 72 valence electrons. The normalized spacial score (nSPS) is 10.8. The lowest BCUT2D eigenvalue weighted by atomic mass is 10.0. The lowest BCUT2D eigenvalue weighted by Gasteiger charge is -2.08. The Labute approximate surface area is 78.5 Å². The molecular weight excluding hydrogens is 167 g/mol. The van der Waals surface area contributed by atoms with E-state index in [1.807, 2.05) is 26.0 Å². The summed E-state index contributed by atoms with van der Waals surface area (Å²) >= 11 is 0. The summed E-state index contributed by atoms with van der Waals surface area (Å²) in [6.45, 7) is 4.43. The quantitative estimate of drug-likeness (QED) is 0.698. The molecule has 0 radical (unpaired) electrons. The first kappa shape index (κ1) is 10.2. The molecule has 0 aliphatic carbocycles. The van der Waals surface area contributed by atoms with Crippen LogP contribution < -0.4 is 0 Å². The molecule has 1 nitrogen and oxygen atoms in total. The topological polar surface area (TPSA) is 9.23 Å². The van der Waals surface area contributed by atoms with Crippen LogP contribution in [0.2, 0.25) is 0 Å². The average molecular weight is 182 g/mol. The van der Waals surface area contributed by atoms with Gasteiger partial charge in [-0.15, -0.1) is 0 Å². The van der Waals surface area contributed by atoms with Gasteiger partial charge in [-0.25, -0.2) is 4.39 Å². The predicted molar refractivity (Wildman–Crippen MR) is 51.2 cm³/mol. The number of ether oxygens (including phenoxy) is 1. The molecule has 0 spiro atoms. The highest BCUT2D eigenvalue weighted by Gasteiger charge is 2.06. The largest absolute Gasteiger partial charge is 0.380 e. The molecule has 0 aromatic heterocycles. The molecule has 2 heteroatoms. The molecular formula is C11H15FO. The van der Waals surface area contributed by atoms with Crippen molar-refractivity contribution in [2.24, 2.45) is 0 Å². The summed E-state index contributed by atoms with van der Waals surface area (Å²) in [6, 6.07) is 5.27. The van der Waals surface area contributed by atoms with Gasteiger partial charge in [0.05, 0.1) is 6.61 Å². The van der Waals surface area contributed by atoms with Crippen molar-refractivity contribution in [2.45, 2.75) is 26.4 Å². The molecule has 13 heavy (non-hydrogen) atoms. The van der Waals surface area contributed by atoms with Crippen molar-refractivity contribution in [3.8, 4) is 0 Å². The molecule has 0 fully saturated rings. The first-order chi connectivity index (χ1) is 6.15. The van der Waals surface area contributed by atoms with Gasteiger partial charge in [-0.1, -0.05) is 26.0 Å². The third-order valence-corrected chi connectivity index (χ3v) is 2.00. The Morgan fingerprint density at radius 3 is 2.54 bits per heavy atom. The lowest BCUT2D eigenvalue weighted by molar-refractivity contribution is 0.184. The van der Waals surface area contributed by atoms with Gasteiger partial charge in [-0.2, -0.15) is 0 Å². The Bertz CT molecular complexity index is 281.